The minimum Gasteiger partial charge on any atom is -0.453 e. The van der Waals surface area contributed by atoms with Crippen LogP contribution in [0.1, 0.15) is 81.3 Å². The number of ether oxygens (including phenoxy) is 2. The molecule has 324 valence electrons. The van der Waals surface area contributed by atoms with Crippen molar-refractivity contribution >= 4 is 34.8 Å². The van der Waals surface area contributed by atoms with E-state index in [1.165, 1.54) is 14.2 Å². The van der Waals surface area contributed by atoms with Gasteiger partial charge in [0.15, 0.2) is 0 Å². The number of carbonyl (C=O) groups is 4. The number of benzene rings is 4. The van der Waals surface area contributed by atoms with Crippen molar-refractivity contribution in [3.05, 3.63) is 121 Å². The Balaban J connectivity index is 0.886. The van der Waals surface area contributed by atoms with Crippen LogP contribution in [-0.2, 0) is 19.1 Å². The molecule has 1 aliphatic carbocycles. The molecule has 1 saturated carbocycles. The summed E-state index contributed by atoms with van der Waals surface area (Å²) in [5.41, 5.74) is 6.65. The first-order chi connectivity index (χ1) is 30.5. The van der Waals surface area contributed by atoms with Crippen LogP contribution in [0.25, 0.3) is 44.4 Å². The summed E-state index contributed by atoms with van der Waals surface area (Å²) in [5.74, 6) is 1.03. The molecule has 0 radical (unpaired) electrons. The molecule has 0 unspecified atom stereocenters. The molecule has 3 fully saturated rings. The molecule has 14 heteroatoms. The van der Waals surface area contributed by atoms with Crippen molar-refractivity contribution in [2.75, 3.05) is 27.3 Å². The first-order valence-corrected chi connectivity index (χ1v) is 21.6. The number of likely N-dealkylation sites (tertiary alicyclic amines) is 2. The quantitative estimate of drug-likeness (QED) is 0.100. The third kappa shape index (κ3) is 8.37. The number of fused-ring (bicyclic) bond motifs is 1. The summed E-state index contributed by atoms with van der Waals surface area (Å²) >= 11 is 0. The first-order valence-electron chi connectivity index (χ1n) is 21.6. The number of carbonyl (C=O) groups excluding carboxylic acids is 4. The molecule has 0 bridgehead atoms. The van der Waals surface area contributed by atoms with Gasteiger partial charge in [0.05, 0.1) is 50.1 Å². The second-order valence-electron chi connectivity index (χ2n) is 17.4. The number of rotatable bonds is 11. The van der Waals surface area contributed by atoms with Crippen molar-refractivity contribution in [1.29, 1.82) is 0 Å². The van der Waals surface area contributed by atoms with Crippen LogP contribution in [0.4, 0.5) is 9.59 Å². The van der Waals surface area contributed by atoms with Crippen LogP contribution in [0.2, 0.25) is 0 Å². The predicted molar refractivity (Wildman–Crippen MR) is 238 cm³/mol. The minimum atomic E-state index is -0.879. The smallest absolute Gasteiger partial charge is 0.407 e. The number of alkyl carbamates (subject to hydrolysis) is 2. The van der Waals surface area contributed by atoms with Gasteiger partial charge in [-0.2, -0.15) is 0 Å². The maximum Gasteiger partial charge on any atom is 0.407 e. The lowest BCUT2D eigenvalue weighted by molar-refractivity contribution is -0.136. The Bertz CT molecular complexity index is 2650. The number of H-pyrrole nitrogens is 2. The zero-order valence-electron chi connectivity index (χ0n) is 35.9. The Morgan fingerprint density at radius 1 is 0.698 bits per heavy atom. The minimum absolute atomic E-state index is 0.0803. The van der Waals surface area contributed by atoms with Crippen molar-refractivity contribution < 1.29 is 28.7 Å². The molecule has 6 aromatic rings. The van der Waals surface area contributed by atoms with Crippen LogP contribution in [-0.4, -0.2) is 87.1 Å². The molecule has 2 saturated heterocycles. The maximum absolute atomic E-state index is 14.2. The highest BCUT2D eigenvalue weighted by Crippen LogP contribution is 2.58. The van der Waals surface area contributed by atoms with Gasteiger partial charge in [0.1, 0.15) is 23.7 Å². The summed E-state index contributed by atoms with van der Waals surface area (Å²) in [7, 11) is 2.59. The van der Waals surface area contributed by atoms with E-state index in [1.807, 2.05) is 66.4 Å². The van der Waals surface area contributed by atoms with Crippen LogP contribution >= 0.6 is 0 Å². The molecule has 9 rings (SSSR count). The average molecular weight is 849 g/mol. The van der Waals surface area contributed by atoms with Crippen LogP contribution in [0.5, 0.6) is 0 Å². The largest absolute Gasteiger partial charge is 0.453 e. The van der Waals surface area contributed by atoms with Crippen molar-refractivity contribution in [2.24, 2.45) is 11.3 Å². The summed E-state index contributed by atoms with van der Waals surface area (Å²) in [4.78, 5) is 72.5. The van der Waals surface area contributed by atoms with Crippen molar-refractivity contribution in [3.63, 3.8) is 0 Å². The number of amides is 4. The van der Waals surface area contributed by atoms with Gasteiger partial charge in [-0.05, 0) is 88.6 Å². The topological polar surface area (TPSA) is 175 Å². The van der Waals surface area contributed by atoms with E-state index in [2.05, 4.69) is 81.3 Å². The van der Waals surface area contributed by atoms with Gasteiger partial charge < -0.3 is 39.9 Å². The average Bonchev–Trinajstić information content (AvgIpc) is 3.85. The molecule has 2 aromatic heterocycles. The third-order valence-corrected chi connectivity index (χ3v) is 13.0. The fourth-order valence-electron chi connectivity index (χ4n) is 9.28. The Morgan fingerprint density at radius 3 is 1.94 bits per heavy atom. The normalized spacial score (nSPS) is 18.7. The van der Waals surface area contributed by atoms with E-state index in [9.17, 15) is 19.2 Å². The molecule has 63 heavy (non-hydrogen) atoms. The fourth-order valence-corrected chi connectivity index (χ4v) is 9.28. The number of nitrogens with one attached hydrogen (secondary N) is 4. The monoisotopic (exact) mass is 848 g/mol. The second-order valence-corrected chi connectivity index (χ2v) is 17.4. The predicted octanol–water partition coefficient (Wildman–Crippen LogP) is 8.48. The molecular formula is C49H52N8O6. The van der Waals surface area contributed by atoms with Gasteiger partial charge in [-0.15, -0.1) is 0 Å². The van der Waals surface area contributed by atoms with Crippen LogP contribution in [0, 0.1) is 11.3 Å². The lowest BCUT2D eigenvalue weighted by Gasteiger charge is -2.30. The molecule has 14 nitrogen and oxygen atoms in total. The van der Waals surface area contributed by atoms with Crippen LogP contribution < -0.4 is 10.6 Å². The van der Waals surface area contributed by atoms with Crippen molar-refractivity contribution in [3.8, 4) is 33.6 Å². The number of nitrogens with zero attached hydrogens (tertiary/aromatic N) is 4. The number of methoxy groups -OCH3 is 2. The zero-order chi connectivity index (χ0) is 43.8. The standard InChI is InChI=1S/C49H52N8O6/c1-29(2)41(54-47(60)62-3)45(58)56-22-8-11-39(56)43-50-27-38(53-43)36-19-18-34-23-33(16-17-35(34)24-36)30-12-14-31(15-13-30)37-26-51-44(52-37)40-25-49(20-21-49)28-57(40)46(59)42(55-48(61)63-4)32-9-6-5-7-10-32/h5-7,9-10,12-19,23-24,26-27,29,39-42H,8,11,20-22,25,28H2,1-4H3,(H,50,53)(H,51,52)(H,54,60)(H,55,61)/t39-,40-,41-,42+/m0/s1. The van der Waals surface area contributed by atoms with Crippen molar-refractivity contribution in [2.45, 2.75) is 70.1 Å². The summed E-state index contributed by atoms with van der Waals surface area (Å²) in [6, 6.07) is 28.4. The molecule has 2 aliphatic heterocycles. The summed E-state index contributed by atoms with van der Waals surface area (Å²) in [6.07, 6.45) is 6.94. The summed E-state index contributed by atoms with van der Waals surface area (Å²) in [6.45, 7) is 5.02. The van der Waals surface area contributed by atoms with Gasteiger partial charge in [-0.1, -0.05) is 92.7 Å². The molecule has 4 aromatic carbocycles. The van der Waals surface area contributed by atoms with E-state index < -0.39 is 24.3 Å². The van der Waals surface area contributed by atoms with E-state index >= 15 is 0 Å². The Hall–Kier alpha value is -6.96. The lowest BCUT2D eigenvalue weighted by atomic mass is 9.98. The highest BCUT2D eigenvalue weighted by Gasteiger charge is 2.55. The van der Waals surface area contributed by atoms with E-state index in [-0.39, 0.29) is 35.2 Å². The van der Waals surface area contributed by atoms with Crippen LogP contribution in [0.3, 0.4) is 0 Å². The van der Waals surface area contributed by atoms with Gasteiger partial charge >= 0.3 is 12.2 Å². The highest BCUT2D eigenvalue weighted by atomic mass is 16.5. The van der Waals surface area contributed by atoms with Crippen molar-refractivity contribution in [1.82, 2.24) is 40.4 Å². The highest BCUT2D eigenvalue weighted by molar-refractivity contribution is 5.91. The maximum atomic E-state index is 14.2. The van der Waals surface area contributed by atoms with Gasteiger partial charge in [0.2, 0.25) is 5.91 Å². The Kier molecular flexibility index (Phi) is 11.2. The molecule has 1 spiro atoms. The molecule has 3 aliphatic rings. The Labute approximate surface area is 365 Å². The number of hydrogen-bond acceptors (Lipinski definition) is 8. The number of imidazole rings is 2. The summed E-state index contributed by atoms with van der Waals surface area (Å²) < 4.78 is 9.66. The number of aromatic amines is 2. The zero-order valence-corrected chi connectivity index (χ0v) is 35.9. The van der Waals surface area contributed by atoms with Gasteiger partial charge in [0.25, 0.3) is 5.91 Å². The Morgan fingerprint density at radius 2 is 1.29 bits per heavy atom. The van der Waals surface area contributed by atoms with E-state index in [0.29, 0.717) is 18.7 Å². The number of hydrogen-bond donors (Lipinski definition) is 4. The lowest BCUT2D eigenvalue weighted by Crippen LogP contribution is -2.51. The van der Waals surface area contributed by atoms with Gasteiger partial charge in [-0.3, -0.25) is 9.59 Å². The van der Waals surface area contributed by atoms with Gasteiger partial charge in [-0.25, -0.2) is 19.6 Å². The number of aromatic nitrogens is 4. The molecule has 4 N–H and O–H groups in total. The van der Waals surface area contributed by atoms with E-state index in [0.717, 1.165) is 88.2 Å². The van der Waals surface area contributed by atoms with Crippen LogP contribution in [0.15, 0.2) is 103 Å². The van der Waals surface area contributed by atoms with E-state index in [1.54, 1.807) is 0 Å². The molecular weight excluding hydrogens is 797 g/mol. The molecule has 4 heterocycles. The fraction of sp³-hybridized carbons (Fsp3) is 0.347. The molecule has 4 atom stereocenters. The van der Waals surface area contributed by atoms with E-state index in [4.69, 9.17) is 19.4 Å². The SMILES string of the molecule is COC(=O)N[C@H](C(=O)N1CCC[C@H]1c1ncc(-c2ccc3cc(-c4ccc(-c5cnc([C@@H]6CC7(CC7)CN6C(=O)[C@H](NC(=O)OC)c6ccccc6)[nH]5)cc4)ccc3c2)[nH]1)C(C)C. The first kappa shape index (κ1) is 41.4. The second kappa shape index (κ2) is 17.1. The third-order valence-electron chi connectivity index (χ3n) is 13.0. The molecule has 4 amide bonds. The van der Waals surface area contributed by atoms with Gasteiger partial charge in [0, 0.05) is 18.7 Å². The summed E-state index contributed by atoms with van der Waals surface area (Å²) in [5, 5.41) is 7.66.